The maximum absolute atomic E-state index is 15.3. The van der Waals surface area contributed by atoms with Crippen molar-refractivity contribution in [3.63, 3.8) is 0 Å². The molecule has 3 aliphatic rings. The van der Waals surface area contributed by atoms with Crippen LogP contribution in [0.2, 0.25) is 0 Å². The van der Waals surface area contributed by atoms with Gasteiger partial charge in [-0.15, -0.1) is 0 Å². The lowest BCUT2D eigenvalue weighted by molar-refractivity contribution is -0.143. The maximum Gasteiger partial charge on any atom is 0.305 e. The number of fused-ring (bicyclic) bond motifs is 5. The molecule has 0 spiro atoms. The lowest BCUT2D eigenvalue weighted by atomic mass is 9.90. The molecule has 0 unspecified atom stereocenters. The average molecular weight is 1510 g/mol. The molecule has 32 heteroatoms. The van der Waals surface area contributed by atoms with Crippen LogP contribution in [0, 0.1) is 17.6 Å². The van der Waals surface area contributed by atoms with Gasteiger partial charge >= 0.3 is 5.97 Å². The number of nitrogens with zero attached hydrogens (tertiary/aromatic N) is 2. The summed E-state index contributed by atoms with van der Waals surface area (Å²) in [7, 11) is 0. The fraction of sp³-hybridized carbons (Fsp3) is 0.440. The fourth-order valence-electron chi connectivity index (χ4n) is 13.5. The molecule has 5 heterocycles. The van der Waals surface area contributed by atoms with Crippen LogP contribution in [0.25, 0.3) is 21.8 Å². The van der Waals surface area contributed by atoms with Gasteiger partial charge in [0.15, 0.2) is 0 Å². The van der Waals surface area contributed by atoms with Gasteiger partial charge in [0.1, 0.15) is 65.7 Å². The number of carbonyl (C=O) groups excluding carboxylic acids is 10. The van der Waals surface area contributed by atoms with Gasteiger partial charge < -0.3 is 83.7 Å². The van der Waals surface area contributed by atoms with Gasteiger partial charge in [0, 0.05) is 108 Å². The average Bonchev–Trinajstić information content (AvgIpc) is 1.68. The number of unbranched alkanes of at least 4 members (excludes halogenated alkanes) is 1. The molecule has 1 aliphatic carbocycles. The number of ether oxygens (including phenoxy) is 1. The Morgan fingerprint density at radius 2 is 1.21 bits per heavy atom. The smallest absolute Gasteiger partial charge is 0.305 e. The van der Waals surface area contributed by atoms with Crippen LogP contribution in [-0.2, 0) is 89.9 Å². The second kappa shape index (κ2) is 38.8. The van der Waals surface area contributed by atoms with Gasteiger partial charge in [-0.05, 0) is 134 Å². The molecule has 10 amide bonds. The maximum atomic E-state index is 15.3. The molecule has 2 bridgehead atoms. The van der Waals surface area contributed by atoms with E-state index in [1.807, 2.05) is 24.3 Å². The molecular formula is C75H91F2N15O13S2. The Morgan fingerprint density at radius 1 is 0.607 bits per heavy atom. The number of rotatable bonds is 18. The number of carbonyl (C=O) groups is 11. The highest BCUT2D eigenvalue weighted by molar-refractivity contribution is 7.98. The summed E-state index contributed by atoms with van der Waals surface area (Å²) in [5, 5.41) is 32.2. The first-order valence-electron chi connectivity index (χ1n) is 36.0. The van der Waals surface area contributed by atoms with Crippen molar-refractivity contribution in [1.29, 1.82) is 0 Å². The number of carboxylic acids is 1. The number of nitrogens with one attached hydrogen (secondary N) is 11. The van der Waals surface area contributed by atoms with Crippen LogP contribution in [-0.4, -0.2) is 181 Å². The molecule has 4 aromatic carbocycles. The second-order valence-corrected chi connectivity index (χ2v) is 29.4. The Kier molecular flexibility index (Phi) is 28.7. The van der Waals surface area contributed by atoms with Crippen LogP contribution in [0.5, 0.6) is 5.75 Å². The Bertz CT molecular complexity index is 4290. The molecule has 2 fully saturated rings. The van der Waals surface area contributed by atoms with Gasteiger partial charge in [-0.2, -0.15) is 23.5 Å². The Labute approximate surface area is 624 Å². The van der Waals surface area contributed by atoms with E-state index in [0.29, 0.717) is 88.9 Å². The van der Waals surface area contributed by atoms with E-state index in [0.717, 1.165) is 36.8 Å². The van der Waals surface area contributed by atoms with Crippen molar-refractivity contribution in [3.05, 3.63) is 155 Å². The van der Waals surface area contributed by atoms with Crippen molar-refractivity contribution in [2.75, 3.05) is 37.7 Å². The summed E-state index contributed by atoms with van der Waals surface area (Å²) in [6.07, 6.45) is 10.3. The normalized spacial score (nSPS) is 22.4. The predicted molar refractivity (Wildman–Crippen MR) is 397 cm³/mol. The van der Waals surface area contributed by atoms with Gasteiger partial charge in [0.25, 0.3) is 0 Å². The number of hydrogen-bond donors (Lipinski definition) is 14. The third kappa shape index (κ3) is 23.1. The van der Waals surface area contributed by atoms with E-state index in [1.54, 1.807) is 24.3 Å². The first-order valence-corrected chi connectivity index (χ1v) is 38.3. The summed E-state index contributed by atoms with van der Waals surface area (Å²) in [6, 6.07) is 10.4. The van der Waals surface area contributed by atoms with Crippen molar-refractivity contribution in [2.24, 2.45) is 17.4 Å². The Balaban J connectivity index is 0.974. The lowest BCUT2D eigenvalue weighted by Gasteiger charge is -2.31. The fourth-order valence-corrected chi connectivity index (χ4v) is 15.4. The zero-order chi connectivity index (χ0) is 75.9. The summed E-state index contributed by atoms with van der Waals surface area (Å²) >= 11 is 2.82. The van der Waals surface area contributed by atoms with Crippen molar-refractivity contribution in [3.8, 4) is 5.75 Å². The highest BCUT2D eigenvalue weighted by Gasteiger charge is 2.41. The number of halogens is 2. The van der Waals surface area contributed by atoms with E-state index >= 15 is 23.6 Å². The summed E-state index contributed by atoms with van der Waals surface area (Å²) in [5.74, 6) is -9.26. The molecule has 1 saturated carbocycles. The molecule has 16 N–H and O–H groups in total. The summed E-state index contributed by atoms with van der Waals surface area (Å²) < 4.78 is 36.1. The largest absolute Gasteiger partial charge is 0.493 e. The number of amides is 10. The monoisotopic (exact) mass is 1510 g/mol. The first-order chi connectivity index (χ1) is 51.6. The van der Waals surface area contributed by atoms with E-state index in [1.165, 1.54) is 96.2 Å². The molecule has 570 valence electrons. The number of benzene rings is 4. The van der Waals surface area contributed by atoms with E-state index in [9.17, 15) is 43.1 Å². The summed E-state index contributed by atoms with van der Waals surface area (Å²) in [6.45, 7) is 0.147. The SMILES string of the molecule is NCCCC[C@@H]1NC(=O)CCSCc2cccc(c2)CSC[C@@H](C(N)=O)NC(=O)[C@@H]2CCCN2C(=O)[C@H](Cc2ccc(OCC3CCCCC3)cc2)NC(=O)[C@@H](Cc2cnc[nH]2)NC(=O)[C@H](CC(=O)O)NC(=O)[C@H](Cc2c[nH]c3ccc(F)cc23)NC(=O)[C@H](Cc2c[nH]c3ccc(F)cc23)NC(=O)CNC1=O. The second-order valence-electron chi connectivity index (χ2n) is 27.2. The number of hydrogen-bond acceptors (Lipinski definition) is 16. The molecule has 107 heavy (non-hydrogen) atoms. The molecule has 1 saturated heterocycles. The number of aliphatic carboxylic acids is 1. The van der Waals surface area contributed by atoms with Crippen LogP contribution in [0.1, 0.15) is 111 Å². The minimum atomic E-state index is -2.03. The standard InChI is InChI=1S/C75H91F2N15O13S2/c76-49-16-20-55-53(30-49)47(34-81-55)28-58-70(99)87-59(29-48-35-82-56-21-17-50(77)31-54(48)56)71(100)89-61(33-67(95)96)73(102)88-60(32-51-36-80-42-84-51)72(101)90-62(27-43-14-18-52(19-15-43)105-38-44-8-2-1-3-9-44)75(104)92-24-7-13-64(92)74(103)91-63(68(79)97)41-107-40-46-11-6-10-45(26-46)39-106-25-22-65(93)85-57(12-4-5-23-78)69(98)83-37-66(94)86-58/h6,10-11,14-21,26,30-31,34-36,42,44,57-64,81-82H,1-5,7-9,12-13,22-25,27-29,32-33,37-41,78H2,(H2,79,97)(H,80,84)(H,83,98)(H,85,93)(H,86,94)(H,87,99)(H,88,102)(H,89,100)(H,90,101)(H,91,103)(H,95,96)/t57-,58-,59-,60+,61-,62-,63-,64-/m0/s1. The molecule has 28 nitrogen and oxygen atoms in total. The van der Waals surface area contributed by atoms with Gasteiger partial charge in [-0.3, -0.25) is 52.7 Å². The summed E-state index contributed by atoms with van der Waals surface area (Å²) in [5.41, 5.74) is 15.8. The van der Waals surface area contributed by atoms with Crippen LogP contribution >= 0.6 is 23.5 Å². The molecule has 7 aromatic rings. The van der Waals surface area contributed by atoms with Crippen LogP contribution in [0.4, 0.5) is 8.78 Å². The van der Waals surface area contributed by atoms with E-state index < -0.39 is 144 Å². The number of carboxylic acid groups (broad SMARTS) is 1. The zero-order valence-electron chi connectivity index (χ0n) is 59.0. The van der Waals surface area contributed by atoms with Gasteiger partial charge in [-0.1, -0.05) is 55.7 Å². The van der Waals surface area contributed by atoms with Crippen molar-refractivity contribution < 1.29 is 71.4 Å². The third-order valence-corrected chi connectivity index (χ3v) is 21.3. The number of nitrogens with two attached hydrogens (primary N) is 2. The van der Waals surface area contributed by atoms with E-state index in [-0.39, 0.29) is 67.5 Å². The lowest BCUT2D eigenvalue weighted by Crippen LogP contribution is -2.61. The van der Waals surface area contributed by atoms with Gasteiger partial charge in [0.05, 0.1) is 25.9 Å². The van der Waals surface area contributed by atoms with Crippen molar-refractivity contribution >= 4 is 110 Å². The predicted octanol–water partition coefficient (Wildman–Crippen LogP) is 4.04. The van der Waals surface area contributed by atoms with E-state index in [2.05, 4.69) is 62.5 Å². The number of aromatic nitrogens is 4. The molecule has 0 radical (unpaired) electrons. The molecule has 3 aromatic heterocycles. The van der Waals surface area contributed by atoms with E-state index in [4.69, 9.17) is 16.2 Å². The number of imidazole rings is 1. The van der Waals surface area contributed by atoms with Gasteiger partial charge in [-0.25, -0.2) is 13.8 Å². The minimum absolute atomic E-state index is 0.0155. The summed E-state index contributed by atoms with van der Waals surface area (Å²) in [4.78, 5) is 172. The molecule has 10 rings (SSSR count). The first kappa shape index (κ1) is 79.2. The number of aromatic amines is 3. The zero-order valence-corrected chi connectivity index (χ0v) is 60.7. The van der Waals surface area contributed by atoms with Crippen LogP contribution < -0.4 is 58.7 Å². The van der Waals surface area contributed by atoms with Gasteiger partial charge in [0.2, 0.25) is 59.1 Å². The number of H-pyrrole nitrogens is 3. The molecule has 8 atom stereocenters. The quantitative estimate of drug-likeness (QED) is 0.0539. The Hall–Kier alpha value is -10.3. The molecular weight excluding hydrogens is 1420 g/mol. The Morgan fingerprint density at radius 3 is 1.84 bits per heavy atom. The highest BCUT2D eigenvalue weighted by Crippen LogP contribution is 2.28. The minimum Gasteiger partial charge on any atom is -0.493 e. The topological polar surface area (TPSA) is 429 Å². The van der Waals surface area contributed by atoms with Crippen molar-refractivity contribution in [2.45, 2.75) is 163 Å². The highest BCUT2D eigenvalue weighted by atomic mass is 32.2. The third-order valence-electron chi connectivity index (χ3n) is 19.2. The number of primary amides is 1. The molecule has 2 aliphatic heterocycles. The number of thioether (sulfide) groups is 2. The van der Waals surface area contributed by atoms with Crippen LogP contribution in [0.15, 0.2) is 110 Å². The van der Waals surface area contributed by atoms with Crippen LogP contribution in [0.3, 0.4) is 0 Å². The van der Waals surface area contributed by atoms with Crippen molar-refractivity contribution in [1.82, 2.24) is 67.4 Å².